The van der Waals surface area contributed by atoms with Crippen LogP contribution >= 0.6 is 0 Å². The lowest BCUT2D eigenvalue weighted by Gasteiger charge is -2.36. The Labute approximate surface area is 129 Å². The van der Waals surface area contributed by atoms with Crippen molar-refractivity contribution in [3.8, 4) is 0 Å². The SMILES string of the molecule is [2H]C(C(=O)C(=O)O)[C@H]1O[C@@H]2OC(C)(C)O[C@@H]2[C@H]2OC(C)(C)O[C@H]21. The van der Waals surface area contributed by atoms with Gasteiger partial charge in [0.15, 0.2) is 17.9 Å². The predicted molar refractivity (Wildman–Crippen MR) is 69.8 cm³/mol. The summed E-state index contributed by atoms with van der Waals surface area (Å²) in [5.41, 5.74) is 0. The molecule has 3 rings (SSSR count). The lowest BCUT2D eigenvalue weighted by Crippen LogP contribution is -2.55. The summed E-state index contributed by atoms with van der Waals surface area (Å²) in [4.78, 5) is 22.6. The van der Waals surface area contributed by atoms with Crippen molar-refractivity contribution in [1.82, 2.24) is 0 Å². The van der Waals surface area contributed by atoms with E-state index in [2.05, 4.69) is 0 Å². The first-order chi connectivity index (χ1) is 10.5. The minimum absolute atomic E-state index is 0.583. The van der Waals surface area contributed by atoms with E-state index in [4.69, 9.17) is 30.2 Å². The van der Waals surface area contributed by atoms with Gasteiger partial charge in [-0.25, -0.2) is 4.79 Å². The van der Waals surface area contributed by atoms with Gasteiger partial charge in [0, 0.05) is 7.77 Å². The summed E-state index contributed by atoms with van der Waals surface area (Å²) in [6, 6.07) is 0. The van der Waals surface area contributed by atoms with E-state index in [1.807, 2.05) is 0 Å². The zero-order valence-electron chi connectivity index (χ0n) is 13.8. The van der Waals surface area contributed by atoms with Gasteiger partial charge in [0.2, 0.25) is 5.78 Å². The van der Waals surface area contributed by atoms with Crippen molar-refractivity contribution in [3.05, 3.63) is 0 Å². The van der Waals surface area contributed by atoms with Gasteiger partial charge in [0.1, 0.15) is 18.3 Å². The fourth-order valence-electron chi connectivity index (χ4n) is 3.00. The molecular weight excluding hydrogens is 296 g/mol. The van der Waals surface area contributed by atoms with E-state index >= 15 is 0 Å². The Kier molecular flexibility index (Phi) is 3.28. The van der Waals surface area contributed by atoms with Gasteiger partial charge in [-0.05, 0) is 27.7 Å². The van der Waals surface area contributed by atoms with Crippen LogP contribution in [-0.2, 0) is 33.3 Å². The van der Waals surface area contributed by atoms with Crippen LogP contribution in [0.3, 0.4) is 0 Å². The van der Waals surface area contributed by atoms with Crippen LogP contribution in [0, 0.1) is 0 Å². The maximum atomic E-state index is 11.7. The summed E-state index contributed by atoms with van der Waals surface area (Å²) in [7, 11) is 0. The van der Waals surface area contributed by atoms with E-state index in [9.17, 15) is 9.59 Å². The smallest absolute Gasteiger partial charge is 0.372 e. The standard InChI is InChI=1S/C14H20O8/c1-13(2)19-8-7(5-6(15)11(16)17)18-12-10(9(8)20-13)21-14(3,4)22-12/h7-10,12H,5H2,1-4H3,(H,16,17)/t7-,8+,9+,10-,12-/m1/s1/i5D/t5?,7-,8+,9+,10-,12-. The number of carbonyl (C=O) groups excluding carboxylic acids is 1. The molecule has 3 fully saturated rings. The van der Waals surface area contributed by atoms with Crippen molar-refractivity contribution in [2.24, 2.45) is 0 Å². The Morgan fingerprint density at radius 1 is 1.00 bits per heavy atom. The Morgan fingerprint density at radius 3 is 2.18 bits per heavy atom. The normalized spacial score (nSPS) is 43.8. The van der Waals surface area contributed by atoms with Crippen molar-refractivity contribution in [2.75, 3.05) is 0 Å². The molecule has 3 aliphatic rings. The molecule has 0 radical (unpaired) electrons. The maximum Gasteiger partial charge on any atom is 0.372 e. The van der Waals surface area contributed by atoms with Gasteiger partial charge in [0.25, 0.3) is 0 Å². The number of Topliss-reactive ketones (excluding diaryl/α,β-unsaturated/α-hetero) is 1. The monoisotopic (exact) mass is 317 g/mol. The number of ether oxygens (including phenoxy) is 5. The Hall–Kier alpha value is -1.06. The van der Waals surface area contributed by atoms with Gasteiger partial charge in [0.05, 0.1) is 6.10 Å². The third-order valence-corrected chi connectivity index (χ3v) is 3.72. The molecule has 0 aromatic rings. The summed E-state index contributed by atoms with van der Waals surface area (Å²) in [5.74, 6) is -4.83. The molecular formula is C14H20O8. The maximum absolute atomic E-state index is 11.7. The zero-order valence-corrected chi connectivity index (χ0v) is 12.8. The van der Waals surface area contributed by atoms with Crippen LogP contribution in [0.5, 0.6) is 0 Å². The van der Waals surface area contributed by atoms with Crippen LogP contribution in [-0.4, -0.2) is 59.1 Å². The first-order valence-electron chi connectivity index (χ1n) is 7.65. The van der Waals surface area contributed by atoms with Gasteiger partial charge < -0.3 is 28.8 Å². The highest BCUT2D eigenvalue weighted by Crippen LogP contribution is 2.44. The van der Waals surface area contributed by atoms with Crippen LogP contribution in [0.4, 0.5) is 0 Å². The average Bonchev–Trinajstić information content (AvgIpc) is 2.90. The van der Waals surface area contributed by atoms with Crippen molar-refractivity contribution >= 4 is 11.8 Å². The second kappa shape index (κ2) is 4.97. The first kappa shape index (κ1) is 14.5. The van der Waals surface area contributed by atoms with Crippen LogP contribution in [0.15, 0.2) is 0 Å². The molecule has 124 valence electrons. The third-order valence-electron chi connectivity index (χ3n) is 3.72. The minimum atomic E-state index is -1.69. The summed E-state index contributed by atoms with van der Waals surface area (Å²) in [6.07, 6.45) is -5.63. The molecule has 6 atom stereocenters. The number of ketones is 1. The van der Waals surface area contributed by atoms with Gasteiger partial charge in [-0.15, -0.1) is 0 Å². The van der Waals surface area contributed by atoms with E-state index in [0.29, 0.717) is 0 Å². The van der Waals surface area contributed by atoms with Crippen molar-refractivity contribution in [3.63, 3.8) is 0 Å². The molecule has 0 aromatic heterocycles. The fraction of sp³-hybridized carbons (Fsp3) is 0.857. The van der Waals surface area contributed by atoms with E-state index in [-0.39, 0.29) is 0 Å². The number of fused-ring (bicyclic) bond motifs is 3. The second-order valence-corrected chi connectivity index (χ2v) is 6.47. The quantitative estimate of drug-likeness (QED) is 0.748. The highest BCUT2D eigenvalue weighted by molar-refractivity contribution is 6.32. The number of carboxylic acids is 1. The van der Waals surface area contributed by atoms with Crippen LogP contribution in [0.1, 0.15) is 35.5 Å². The van der Waals surface area contributed by atoms with Gasteiger partial charge in [-0.2, -0.15) is 0 Å². The predicted octanol–water partition coefficient (Wildman–Crippen LogP) is 0.427. The Morgan fingerprint density at radius 2 is 1.55 bits per heavy atom. The molecule has 8 nitrogen and oxygen atoms in total. The van der Waals surface area contributed by atoms with E-state index in [0.717, 1.165) is 0 Å². The van der Waals surface area contributed by atoms with Crippen LogP contribution in [0.2, 0.25) is 0 Å². The largest absolute Gasteiger partial charge is 0.475 e. The molecule has 3 aliphatic heterocycles. The van der Waals surface area contributed by atoms with Gasteiger partial charge >= 0.3 is 5.97 Å². The highest BCUT2D eigenvalue weighted by atomic mass is 16.9. The Bertz CT molecular complexity index is 533. The van der Waals surface area contributed by atoms with Crippen molar-refractivity contribution in [1.29, 1.82) is 0 Å². The van der Waals surface area contributed by atoms with Crippen LogP contribution < -0.4 is 0 Å². The molecule has 3 saturated heterocycles. The molecule has 8 heteroatoms. The molecule has 0 bridgehead atoms. The molecule has 1 N–H and O–H groups in total. The van der Waals surface area contributed by atoms with Crippen molar-refractivity contribution in [2.45, 2.75) is 76.4 Å². The summed E-state index contributed by atoms with van der Waals surface area (Å²) >= 11 is 0. The van der Waals surface area contributed by atoms with Crippen molar-refractivity contribution < 1.29 is 39.8 Å². The number of carbonyl (C=O) groups is 2. The Balaban J connectivity index is 1.90. The average molecular weight is 317 g/mol. The third kappa shape index (κ3) is 2.77. The number of aliphatic carboxylic acids is 1. The highest BCUT2D eigenvalue weighted by Gasteiger charge is 2.60. The van der Waals surface area contributed by atoms with E-state index < -0.39 is 60.4 Å². The zero-order chi connectivity index (χ0) is 17.2. The van der Waals surface area contributed by atoms with Gasteiger partial charge in [-0.3, -0.25) is 4.79 Å². The van der Waals surface area contributed by atoms with Gasteiger partial charge in [-0.1, -0.05) is 0 Å². The molecule has 0 spiro atoms. The molecule has 0 aromatic carbocycles. The molecule has 0 saturated carbocycles. The second-order valence-electron chi connectivity index (χ2n) is 6.47. The first-order valence-corrected chi connectivity index (χ1v) is 7.07. The lowest BCUT2D eigenvalue weighted by atomic mass is 9.95. The minimum Gasteiger partial charge on any atom is -0.475 e. The summed E-state index contributed by atoms with van der Waals surface area (Å²) in [6.45, 7) is 6.80. The molecule has 1 unspecified atom stereocenters. The molecule has 0 aliphatic carbocycles. The topological polar surface area (TPSA) is 101 Å². The molecule has 3 heterocycles. The van der Waals surface area contributed by atoms with E-state index in [1.165, 1.54) is 0 Å². The summed E-state index contributed by atoms with van der Waals surface area (Å²) < 4.78 is 36.6. The number of rotatable bonds is 3. The summed E-state index contributed by atoms with van der Waals surface area (Å²) in [5, 5.41) is 8.84. The number of hydrogen-bond acceptors (Lipinski definition) is 7. The fourth-order valence-corrected chi connectivity index (χ4v) is 3.00. The lowest BCUT2D eigenvalue weighted by molar-refractivity contribution is -0.234. The molecule has 22 heavy (non-hydrogen) atoms. The molecule has 0 amide bonds. The number of carboxylic acid groups (broad SMARTS) is 1. The number of hydrogen-bond donors (Lipinski definition) is 1. The van der Waals surface area contributed by atoms with E-state index in [1.54, 1.807) is 27.7 Å². The van der Waals surface area contributed by atoms with Crippen LogP contribution in [0.25, 0.3) is 0 Å².